The molecule has 0 saturated carbocycles. The quantitative estimate of drug-likeness (QED) is 0.823. The van der Waals surface area contributed by atoms with Crippen LogP contribution in [0.3, 0.4) is 0 Å². The van der Waals surface area contributed by atoms with Gasteiger partial charge in [0, 0.05) is 17.8 Å². The van der Waals surface area contributed by atoms with Gasteiger partial charge in [0.15, 0.2) is 5.11 Å². The van der Waals surface area contributed by atoms with Crippen LogP contribution < -0.4 is 10.7 Å². The average molecular weight is 295 g/mol. The van der Waals surface area contributed by atoms with Crippen molar-refractivity contribution in [2.24, 2.45) is 0 Å². The zero-order valence-corrected chi connectivity index (χ0v) is 12.4. The van der Waals surface area contributed by atoms with Crippen LogP contribution in [0.4, 0.5) is 5.69 Å². The van der Waals surface area contributed by atoms with Crippen LogP contribution in [0.25, 0.3) is 0 Å². The molecule has 1 aliphatic heterocycles. The van der Waals surface area contributed by atoms with E-state index in [0.29, 0.717) is 5.11 Å². The number of anilines is 1. The van der Waals surface area contributed by atoms with Gasteiger partial charge in [-0.2, -0.15) is 0 Å². The molecule has 0 aromatic heterocycles. The molecule has 0 bridgehead atoms. The molecule has 2 N–H and O–H groups in total. The van der Waals surface area contributed by atoms with E-state index in [0.717, 1.165) is 17.8 Å². The Balaban J connectivity index is 1.79. The topological polar surface area (TPSA) is 27.3 Å². The second kappa shape index (κ2) is 5.97. The molecule has 0 aliphatic carbocycles. The smallest absolute Gasteiger partial charge is 0.192 e. The highest BCUT2D eigenvalue weighted by Gasteiger charge is 2.30. The second-order valence-electron chi connectivity index (χ2n) is 5.01. The molecule has 1 aliphatic rings. The van der Waals surface area contributed by atoms with Crippen LogP contribution in [0, 0.1) is 0 Å². The monoisotopic (exact) mass is 295 g/mol. The largest absolute Gasteiger partial charge is 0.331 e. The van der Waals surface area contributed by atoms with Gasteiger partial charge in [0.1, 0.15) is 0 Å². The Morgan fingerprint density at radius 2 is 1.71 bits per heavy atom. The van der Waals surface area contributed by atoms with E-state index in [1.807, 2.05) is 53.5 Å². The number of para-hydroxylation sites is 1. The molecule has 2 aromatic carbocycles. The Labute approximate surface area is 130 Å². The van der Waals surface area contributed by atoms with Gasteiger partial charge in [-0.3, -0.25) is 5.01 Å². The summed E-state index contributed by atoms with van der Waals surface area (Å²) in [5, 5.41) is 5.88. The first kappa shape index (κ1) is 13.6. The van der Waals surface area contributed by atoms with Crippen LogP contribution in [0.2, 0.25) is 0 Å². The first-order chi connectivity index (χ1) is 10.2. The Bertz CT molecular complexity index is 640. The molecule has 3 nitrogen and oxygen atoms in total. The number of rotatable bonds is 2. The van der Waals surface area contributed by atoms with Crippen molar-refractivity contribution in [2.45, 2.75) is 12.5 Å². The Kier molecular flexibility index (Phi) is 3.88. The predicted molar refractivity (Wildman–Crippen MR) is 90.6 cm³/mol. The maximum Gasteiger partial charge on any atom is 0.192 e. The maximum atomic E-state index is 5.54. The Morgan fingerprint density at radius 3 is 2.38 bits per heavy atom. The van der Waals surface area contributed by atoms with Crippen molar-refractivity contribution in [3.05, 3.63) is 78.5 Å². The number of nitrogens with zero attached hydrogens (tertiary/aromatic N) is 1. The van der Waals surface area contributed by atoms with E-state index in [1.165, 1.54) is 5.56 Å². The fourth-order valence-electron chi connectivity index (χ4n) is 2.46. The summed E-state index contributed by atoms with van der Waals surface area (Å²) >= 11 is 5.54. The lowest BCUT2D eigenvalue weighted by Crippen LogP contribution is -2.40. The van der Waals surface area contributed by atoms with Crippen molar-refractivity contribution >= 4 is 23.0 Å². The highest BCUT2D eigenvalue weighted by atomic mass is 32.1. The zero-order chi connectivity index (χ0) is 14.7. The lowest BCUT2D eigenvalue weighted by Gasteiger charge is -2.27. The first-order valence-corrected chi connectivity index (χ1v) is 7.29. The molecule has 0 amide bonds. The molecule has 106 valence electrons. The summed E-state index contributed by atoms with van der Waals surface area (Å²) in [6.07, 6.45) is 0.848. The summed E-state index contributed by atoms with van der Waals surface area (Å²) in [5.74, 6) is 0. The Morgan fingerprint density at radius 1 is 1.10 bits per heavy atom. The SMILES string of the molecule is C=C1CC(c2ccccc2)N(C(=S)Nc2ccccc2)N1. The molecule has 1 saturated heterocycles. The molecule has 1 unspecified atom stereocenters. The minimum Gasteiger partial charge on any atom is -0.331 e. The minimum atomic E-state index is 0.169. The number of hydrogen-bond acceptors (Lipinski definition) is 2. The predicted octanol–water partition coefficient (Wildman–Crippen LogP) is 3.85. The number of nitrogens with one attached hydrogen (secondary N) is 2. The average Bonchev–Trinajstić information content (AvgIpc) is 2.91. The third-order valence-electron chi connectivity index (χ3n) is 3.46. The first-order valence-electron chi connectivity index (χ1n) is 6.88. The van der Waals surface area contributed by atoms with E-state index < -0.39 is 0 Å². The molecule has 3 rings (SSSR count). The van der Waals surface area contributed by atoms with Crippen molar-refractivity contribution in [1.82, 2.24) is 10.4 Å². The van der Waals surface area contributed by atoms with Gasteiger partial charge in [0.25, 0.3) is 0 Å². The third-order valence-corrected chi connectivity index (χ3v) is 3.76. The molecular weight excluding hydrogens is 278 g/mol. The van der Waals surface area contributed by atoms with Gasteiger partial charge < -0.3 is 10.7 Å². The summed E-state index contributed by atoms with van der Waals surface area (Å²) in [6.45, 7) is 4.03. The van der Waals surface area contributed by atoms with Gasteiger partial charge >= 0.3 is 0 Å². The van der Waals surface area contributed by atoms with E-state index in [4.69, 9.17) is 12.2 Å². The molecule has 21 heavy (non-hydrogen) atoms. The lowest BCUT2D eigenvalue weighted by atomic mass is 10.0. The molecule has 4 heteroatoms. The summed E-state index contributed by atoms with van der Waals surface area (Å²) in [5.41, 5.74) is 6.43. The maximum absolute atomic E-state index is 5.54. The van der Waals surface area contributed by atoms with Crippen LogP contribution in [-0.2, 0) is 0 Å². The van der Waals surface area contributed by atoms with Crippen LogP contribution >= 0.6 is 12.2 Å². The van der Waals surface area contributed by atoms with E-state index in [1.54, 1.807) is 0 Å². The third kappa shape index (κ3) is 3.06. The van der Waals surface area contributed by atoms with Crippen molar-refractivity contribution < 1.29 is 0 Å². The molecule has 1 fully saturated rings. The fraction of sp³-hybridized carbons (Fsp3) is 0.118. The fourth-order valence-corrected chi connectivity index (χ4v) is 2.75. The van der Waals surface area contributed by atoms with Crippen LogP contribution in [0.15, 0.2) is 72.9 Å². The number of hydrazine groups is 1. The lowest BCUT2D eigenvalue weighted by molar-refractivity contribution is 0.330. The highest BCUT2D eigenvalue weighted by Crippen LogP contribution is 2.31. The van der Waals surface area contributed by atoms with Gasteiger partial charge in [-0.05, 0) is 29.9 Å². The zero-order valence-electron chi connectivity index (χ0n) is 11.6. The van der Waals surface area contributed by atoms with Crippen molar-refractivity contribution in [3.8, 4) is 0 Å². The van der Waals surface area contributed by atoms with E-state index in [2.05, 4.69) is 29.5 Å². The minimum absolute atomic E-state index is 0.169. The van der Waals surface area contributed by atoms with Gasteiger partial charge in [-0.1, -0.05) is 55.1 Å². The van der Waals surface area contributed by atoms with Crippen molar-refractivity contribution in [3.63, 3.8) is 0 Å². The highest BCUT2D eigenvalue weighted by molar-refractivity contribution is 7.80. The van der Waals surface area contributed by atoms with Crippen LogP contribution in [-0.4, -0.2) is 10.1 Å². The number of hydrogen-bond donors (Lipinski definition) is 2. The summed E-state index contributed by atoms with van der Waals surface area (Å²) in [7, 11) is 0. The Hall–Kier alpha value is -2.33. The van der Waals surface area contributed by atoms with E-state index in [-0.39, 0.29) is 6.04 Å². The standard InChI is InChI=1S/C17H17N3S/c1-13-12-16(14-8-4-2-5-9-14)20(19-13)17(21)18-15-10-6-3-7-11-15/h2-11,16,19H,1,12H2,(H,18,21). The summed E-state index contributed by atoms with van der Waals surface area (Å²) in [4.78, 5) is 0. The molecule has 0 spiro atoms. The van der Waals surface area contributed by atoms with E-state index in [9.17, 15) is 0 Å². The van der Waals surface area contributed by atoms with Gasteiger partial charge in [-0.15, -0.1) is 0 Å². The van der Waals surface area contributed by atoms with Crippen LogP contribution in [0.5, 0.6) is 0 Å². The van der Waals surface area contributed by atoms with Crippen LogP contribution in [0.1, 0.15) is 18.0 Å². The number of thiocarbonyl (C=S) groups is 1. The molecule has 0 radical (unpaired) electrons. The van der Waals surface area contributed by atoms with Gasteiger partial charge in [0.2, 0.25) is 0 Å². The molecule has 2 aromatic rings. The van der Waals surface area contributed by atoms with Gasteiger partial charge in [0.05, 0.1) is 6.04 Å². The molecule has 1 heterocycles. The molecular formula is C17H17N3S. The van der Waals surface area contributed by atoms with Gasteiger partial charge in [-0.25, -0.2) is 0 Å². The van der Waals surface area contributed by atoms with Crippen molar-refractivity contribution in [2.75, 3.05) is 5.32 Å². The summed E-state index contributed by atoms with van der Waals surface area (Å²) in [6, 6.07) is 20.4. The van der Waals surface area contributed by atoms with E-state index >= 15 is 0 Å². The second-order valence-corrected chi connectivity index (χ2v) is 5.40. The molecule has 1 atom stereocenters. The normalized spacial score (nSPS) is 17.4. The number of benzene rings is 2. The summed E-state index contributed by atoms with van der Waals surface area (Å²) < 4.78 is 0. The van der Waals surface area contributed by atoms with Crippen molar-refractivity contribution in [1.29, 1.82) is 0 Å².